The maximum absolute atomic E-state index is 13.1. The summed E-state index contributed by atoms with van der Waals surface area (Å²) in [5.41, 5.74) is 1.14. The number of pyridine rings is 1. The molecule has 0 radical (unpaired) electrons. The molecule has 0 spiro atoms. The molecule has 3 rings (SSSR count). The molecule has 2 aromatic carbocycles. The van der Waals surface area contributed by atoms with E-state index in [0.29, 0.717) is 11.3 Å². The van der Waals surface area contributed by atoms with Gasteiger partial charge in [-0.05, 0) is 48.4 Å². The first kappa shape index (κ1) is 20.9. The Labute approximate surface area is 171 Å². The van der Waals surface area contributed by atoms with Gasteiger partial charge in [0.2, 0.25) is 0 Å². The highest BCUT2D eigenvalue weighted by Crippen LogP contribution is 2.35. The molecule has 0 bridgehead atoms. The van der Waals surface area contributed by atoms with Gasteiger partial charge in [0.25, 0.3) is 5.56 Å². The molecule has 2 N–H and O–H groups in total. The quantitative estimate of drug-likeness (QED) is 0.585. The standard InChI is InChI=1S/C22H20FNO6/c1-13(22(26)27)30-17-8-5-15(11-19(17)28-2)20-18(9-10-24-21(20)25)29-12-14-3-6-16(23)7-4-14/h3-11,13H,12H2,1-2H3,(H,24,25)(H,26,27). The Morgan fingerprint density at radius 3 is 2.50 bits per heavy atom. The molecule has 1 heterocycles. The van der Waals surface area contributed by atoms with E-state index in [2.05, 4.69) is 4.98 Å². The summed E-state index contributed by atoms with van der Waals surface area (Å²) in [6.45, 7) is 1.55. The third-order valence-corrected chi connectivity index (χ3v) is 4.33. The fourth-order valence-electron chi connectivity index (χ4n) is 2.76. The first-order chi connectivity index (χ1) is 14.4. The molecule has 7 nitrogen and oxygen atoms in total. The summed E-state index contributed by atoms with van der Waals surface area (Å²) in [6, 6.07) is 12.2. The number of ether oxygens (including phenoxy) is 3. The first-order valence-corrected chi connectivity index (χ1v) is 9.06. The van der Waals surface area contributed by atoms with Crippen molar-refractivity contribution >= 4 is 5.97 Å². The zero-order chi connectivity index (χ0) is 21.7. The van der Waals surface area contributed by atoms with Crippen LogP contribution in [0.15, 0.2) is 59.5 Å². The van der Waals surface area contributed by atoms with Gasteiger partial charge in [-0.1, -0.05) is 18.2 Å². The van der Waals surface area contributed by atoms with Gasteiger partial charge in [-0.25, -0.2) is 9.18 Å². The van der Waals surface area contributed by atoms with Crippen LogP contribution in [0.25, 0.3) is 11.1 Å². The van der Waals surface area contributed by atoms with Crippen LogP contribution in [0.1, 0.15) is 12.5 Å². The van der Waals surface area contributed by atoms with Crippen LogP contribution in [0.3, 0.4) is 0 Å². The van der Waals surface area contributed by atoms with Crippen molar-refractivity contribution in [1.82, 2.24) is 4.98 Å². The van der Waals surface area contributed by atoms with E-state index in [-0.39, 0.29) is 35.0 Å². The molecule has 0 amide bonds. The summed E-state index contributed by atoms with van der Waals surface area (Å²) in [5.74, 6) is -0.623. The Morgan fingerprint density at radius 1 is 1.10 bits per heavy atom. The van der Waals surface area contributed by atoms with Crippen molar-refractivity contribution in [3.8, 4) is 28.4 Å². The Balaban J connectivity index is 1.92. The fourth-order valence-corrected chi connectivity index (χ4v) is 2.76. The van der Waals surface area contributed by atoms with E-state index in [1.807, 2.05) is 0 Å². The van der Waals surface area contributed by atoms with E-state index in [1.165, 1.54) is 38.4 Å². The molecular formula is C22H20FNO6. The van der Waals surface area contributed by atoms with Gasteiger partial charge in [-0.2, -0.15) is 0 Å². The molecule has 0 saturated heterocycles. The number of carboxylic acids is 1. The minimum Gasteiger partial charge on any atom is -0.493 e. The molecule has 0 aliphatic rings. The summed E-state index contributed by atoms with van der Waals surface area (Å²) in [7, 11) is 1.42. The molecule has 3 aromatic rings. The van der Waals surface area contributed by atoms with Crippen molar-refractivity contribution in [2.75, 3.05) is 7.11 Å². The van der Waals surface area contributed by atoms with Gasteiger partial charge >= 0.3 is 5.97 Å². The average molecular weight is 413 g/mol. The number of hydrogen-bond acceptors (Lipinski definition) is 5. The van der Waals surface area contributed by atoms with E-state index < -0.39 is 12.1 Å². The Bertz CT molecular complexity index is 1090. The van der Waals surface area contributed by atoms with Gasteiger partial charge in [0.1, 0.15) is 18.2 Å². The summed E-state index contributed by atoms with van der Waals surface area (Å²) in [6.07, 6.45) is 0.397. The fraction of sp³-hybridized carbons (Fsp3) is 0.182. The minimum absolute atomic E-state index is 0.144. The van der Waals surface area contributed by atoms with Gasteiger partial charge in [-0.3, -0.25) is 4.79 Å². The van der Waals surface area contributed by atoms with E-state index in [1.54, 1.807) is 30.3 Å². The van der Waals surface area contributed by atoms with Crippen LogP contribution in [0.2, 0.25) is 0 Å². The van der Waals surface area contributed by atoms with Crippen LogP contribution >= 0.6 is 0 Å². The molecule has 0 aliphatic heterocycles. The van der Waals surface area contributed by atoms with Crippen molar-refractivity contribution in [1.29, 1.82) is 0 Å². The minimum atomic E-state index is -1.11. The molecule has 1 unspecified atom stereocenters. The van der Waals surface area contributed by atoms with Gasteiger partial charge in [0, 0.05) is 6.20 Å². The molecule has 0 fully saturated rings. The third kappa shape index (κ3) is 4.78. The third-order valence-electron chi connectivity index (χ3n) is 4.33. The molecule has 1 atom stereocenters. The molecule has 0 saturated carbocycles. The van der Waals surface area contributed by atoms with Gasteiger partial charge in [-0.15, -0.1) is 0 Å². The average Bonchev–Trinajstić information content (AvgIpc) is 2.73. The molecule has 8 heteroatoms. The lowest BCUT2D eigenvalue weighted by molar-refractivity contribution is -0.144. The zero-order valence-electron chi connectivity index (χ0n) is 16.3. The largest absolute Gasteiger partial charge is 0.493 e. The smallest absolute Gasteiger partial charge is 0.344 e. The highest BCUT2D eigenvalue weighted by molar-refractivity contribution is 5.74. The number of rotatable bonds is 8. The van der Waals surface area contributed by atoms with E-state index in [0.717, 1.165) is 5.56 Å². The molecule has 156 valence electrons. The predicted molar refractivity (Wildman–Crippen MR) is 108 cm³/mol. The van der Waals surface area contributed by atoms with Crippen molar-refractivity contribution in [3.05, 3.63) is 76.5 Å². The first-order valence-electron chi connectivity index (χ1n) is 9.06. The van der Waals surface area contributed by atoms with E-state index in [9.17, 15) is 14.0 Å². The zero-order valence-corrected chi connectivity index (χ0v) is 16.3. The Kier molecular flexibility index (Phi) is 6.36. The number of nitrogens with one attached hydrogen (secondary N) is 1. The number of aliphatic carboxylic acids is 1. The lowest BCUT2D eigenvalue weighted by Gasteiger charge is -2.16. The number of methoxy groups -OCH3 is 1. The monoisotopic (exact) mass is 413 g/mol. The maximum Gasteiger partial charge on any atom is 0.344 e. The van der Waals surface area contributed by atoms with Crippen molar-refractivity contribution in [3.63, 3.8) is 0 Å². The van der Waals surface area contributed by atoms with Crippen molar-refractivity contribution < 1.29 is 28.5 Å². The van der Waals surface area contributed by atoms with Crippen LogP contribution in [-0.2, 0) is 11.4 Å². The molecule has 0 aliphatic carbocycles. The molecule has 1 aromatic heterocycles. The summed E-state index contributed by atoms with van der Waals surface area (Å²) < 4.78 is 29.6. The predicted octanol–water partition coefficient (Wildman–Crippen LogP) is 3.62. The van der Waals surface area contributed by atoms with Crippen LogP contribution < -0.4 is 19.8 Å². The van der Waals surface area contributed by atoms with Crippen LogP contribution in [0.5, 0.6) is 17.2 Å². The number of halogens is 1. The van der Waals surface area contributed by atoms with Gasteiger partial charge < -0.3 is 24.3 Å². The van der Waals surface area contributed by atoms with Gasteiger partial charge in [0.05, 0.1) is 12.7 Å². The number of carbonyl (C=O) groups is 1. The van der Waals surface area contributed by atoms with Crippen LogP contribution in [0.4, 0.5) is 4.39 Å². The van der Waals surface area contributed by atoms with Gasteiger partial charge in [0.15, 0.2) is 17.6 Å². The molecular weight excluding hydrogens is 393 g/mol. The number of carboxylic acid groups (broad SMARTS) is 1. The number of benzene rings is 2. The Morgan fingerprint density at radius 2 is 1.83 bits per heavy atom. The lowest BCUT2D eigenvalue weighted by Crippen LogP contribution is -2.23. The van der Waals surface area contributed by atoms with Crippen LogP contribution in [0, 0.1) is 5.82 Å². The van der Waals surface area contributed by atoms with Crippen LogP contribution in [-0.4, -0.2) is 29.3 Å². The lowest BCUT2D eigenvalue weighted by atomic mass is 10.1. The SMILES string of the molecule is COc1cc(-c2c(OCc3ccc(F)cc3)cc[nH]c2=O)ccc1OC(C)C(=O)O. The number of H-pyrrole nitrogens is 1. The number of hydrogen-bond donors (Lipinski definition) is 2. The highest BCUT2D eigenvalue weighted by atomic mass is 19.1. The topological polar surface area (TPSA) is 97.9 Å². The number of aromatic amines is 1. The normalized spacial score (nSPS) is 11.6. The van der Waals surface area contributed by atoms with E-state index >= 15 is 0 Å². The summed E-state index contributed by atoms with van der Waals surface area (Å²) in [4.78, 5) is 26.2. The van der Waals surface area contributed by atoms with Crippen molar-refractivity contribution in [2.24, 2.45) is 0 Å². The number of aromatic nitrogens is 1. The second-order valence-corrected chi connectivity index (χ2v) is 6.43. The maximum atomic E-state index is 13.1. The highest BCUT2D eigenvalue weighted by Gasteiger charge is 2.18. The van der Waals surface area contributed by atoms with Crippen molar-refractivity contribution in [2.45, 2.75) is 19.6 Å². The second kappa shape index (κ2) is 9.13. The Hall–Kier alpha value is -3.81. The second-order valence-electron chi connectivity index (χ2n) is 6.43. The molecule has 30 heavy (non-hydrogen) atoms. The summed E-state index contributed by atoms with van der Waals surface area (Å²) in [5, 5.41) is 9.03. The van der Waals surface area contributed by atoms with E-state index in [4.69, 9.17) is 19.3 Å². The summed E-state index contributed by atoms with van der Waals surface area (Å²) >= 11 is 0.